The van der Waals surface area contributed by atoms with E-state index in [1.165, 1.54) is 4.90 Å². The van der Waals surface area contributed by atoms with Crippen LogP contribution in [0.2, 0.25) is 0 Å². The van der Waals surface area contributed by atoms with Crippen molar-refractivity contribution in [2.24, 2.45) is 11.8 Å². The number of aliphatic hydroxyl groups is 1. The van der Waals surface area contributed by atoms with Gasteiger partial charge in [-0.2, -0.15) is 0 Å². The number of likely N-dealkylation sites (N-methyl/N-ethyl adjacent to an activating group) is 1. The molecule has 0 aliphatic heterocycles. The largest absolute Gasteiger partial charge is 0.391 e. The number of hydrogen-bond acceptors (Lipinski definition) is 2. The maximum absolute atomic E-state index is 14.0. The van der Waals surface area contributed by atoms with Gasteiger partial charge in [-0.25, -0.2) is 13.6 Å². The van der Waals surface area contributed by atoms with Crippen LogP contribution in [0.4, 0.5) is 13.6 Å². The second-order valence-corrected chi connectivity index (χ2v) is 6.72. The molecule has 2 atom stereocenters. The number of carbonyl (C=O) groups is 1. The molecule has 6 heteroatoms. The highest BCUT2D eigenvalue weighted by Gasteiger charge is 2.36. The van der Waals surface area contributed by atoms with Gasteiger partial charge in [0.15, 0.2) is 0 Å². The lowest BCUT2D eigenvalue weighted by molar-refractivity contribution is 0.112. The third-order valence-electron chi connectivity index (χ3n) is 4.64. The molecule has 0 saturated heterocycles. The molecule has 0 unspecified atom stereocenters. The monoisotopic (exact) mass is 324 g/mol. The molecule has 23 heavy (non-hydrogen) atoms. The molecule has 0 spiro atoms. The van der Waals surface area contributed by atoms with Gasteiger partial charge in [-0.15, -0.1) is 0 Å². The van der Waals surface area contributed by atoms with E-state index >= 15 is 0 Å². The van der Waals surface area contributed by atoms with Crippen LogP contribution in [0.1, 0.15) is 37.3 Å². The first-order valence-electron chi connectivity index (χ1n) is 8.10. The van der Waals surface area contributed by atoms with E-state index in [9.17, 15) is 18.7 Å². The lowest BCUT2D eigenvalue weighted by atomic mass is 10.0. The van der Waals surface area contributed by atoms with Crippen molar-refractivity contribution in [1.29, 1.82) is 0 Å². The number of carbonyl (C=O) groups excluding carboxylic acids is 1. The summed E-state index contributed by atoms with van der Waals surface area (Å²) in [6, 6.07) is 2.41. The van der Waals surface area contributed by atoms with Gasteiger partial charge in [0.25, 0.3) is 0 Å². The number of nitrogens with zero attached hydrogens (tertiary/aromatic N) is 1. The Balaban J connectivity index is 1.67. The van der Waals surface area contributed by atoms with Crippen LogP contribution in [0.15, 0.2) is 18.2 Å². The summed E-state index contributed by atoms with van der Waals surface area (Å²) >= 11 is 0. The van der Waals surface area contributed by atoms with Gasteiger partial charge in [-0.3, -0.25) is 0 Å². The molecule has 1 aromatic rings. The molecule has 2 amide bonds. The third kappa shape index (κ3) is 3.99. The van der Waals surface area contributed by atoms with Crippen LogP contribution in [0.25, 0.3) is 0 Å². The van der Waals surface area contributed by atoms with E-state index in [4.69, 9.17) is 0 Å². The number of hydrogen-bond donors (Lipinski definition) is 2. The SMILES string of the molecule is CN(C[C@H](O)C1CC1)C(=O)N[C@@H](c1cc(F)ccc1F)C1CC1. The van der Waals surface area contributed by atoms with E-state index in [2.05, 4.69) is 5.32 Å². The summed E-state index contributed by atoms with van der Waals surface area (Å²) in [7, 11) is 1.60. The standard InChI is InChI=1S/C17H22F2N2O2/c1-21(9-15(22)10-2-3-10)17(23)20-16(11-4-5-11)13-8-12(18)6-7-14(13)19/h6-8,10-11,15-16,22H,2-5,9H2,1H3,(H,20,23)/t15-,16+/m0/s1. The number of amides is 2. The fourth-order valence-electron chi connectivity index (χ4n) is 2.87. The van der Waals surface area contributed by atoms with Crippen molar-refractivity contribution in [3.05, 3.63) is 35.4 Å². The zero-order valence-electron chi connectivity index (χ0n) is 13.1. The Hall–Kier alpha value is -1.69. The Labute approximate surface area is 134 Å². The molecule has 2 N–H and O–H groups in total. The molecule has 0 aromatic heterocycles. The van der Waals surface area contributed by atoms with Crippen LogP contribution < -0.4 is 5.32 Å². The van der Waals surface area contributed by atoms with Crippen molar-refractivity contribution in [1.82, 2.24) is 10.2 Å². The van der Waals surface area contributed by atoms with Gasteiger partial charge in [-0.1, -0.05) is 0 Å². The van der Waals surface area contributed by atoms with Crippen LogP contribution in [-0.2, 0) is 0 Å². The van der Waals surface area contributed by atoms with Crippen molar-refractivity contribution in [2.75, 3.05) is 13.6 Å². The lowest BCUT2D eigenvalue weighted by Gasteiger charge is -2.25. The smallest absolute Gasteiger partial charge is 0.317 e. The summed E-state index contributed by atoms with van der Waals surface area (Å²) in [4.78, 5) is 13.7. The van der Waals surface area contributed by atoms with Crippen LogP contribution in [-0.4, -0.2) is 35.7 Å². The minimum atomic E-state index is -0.529. The second kappa shape index (κ2) is 6.43. The lowest BCUT2D eigenvalue weighted by Crippen LogP contribution is -2.43. The van der Waals surface area contributed by atoms with Gasteiger partial charge in [0.05, 0.1) is 12.1 Å². The number of rotatable bonds is 6. The molecule has 4 nitrogen and oxygen atoms in total. The van der Waals surface area contributed by atoms with E-state index < -0.39 is 23.8 Å². The van der Waals surface area contributed by atoms with E-state index in [1.54, 1.807) is 7.05 Å². The van der Waals surface area contributed by atoms with Crippen LogP contribution in [0, 0.1) is 23.5 Å². The third-order valence-corrected chi connectivity index (χ3v) is 4.64. The molecular weight excluding hydrogens is 302 g/mol. The van der Waals surface area contributed by atoms with Crippen molar-refractivity contribution >= 4 is 6.03 Å². The summed E-state index contributed by atoms with van der Waals surface area (Å²) in [6.45, 7) is 0.250. The predicted octanol–water partition coefficient (Wildman–Crippen LogP) is 2.83. The van der Waals surface area contributed by atoms with Gasteiger partial charge in [0.1, 0.15) is 11.6 Å². The fraction of sp³-hybridized carbons (Fsp3) is 0.588. The van der Waals surface area contributed by atoms with Crippen LogP contribution >= 0.6 is 0 Å². The number of halogens is 2. The van der Waals surface area contributed by atoms with Crippen molar-refractivity contribution in [3.63, 3.8) is 0 Å². The highest BCUT2D eigenvalue weighted by molar-refractivity contribution is 5.74. The Bertz CT molecular complexity index is 588. The maximum atomic E-state index is 14.0. The van der Waals surface area contributed by atoms with E-state index in [-0.39, 0.29) is 30.0 Å². The summed E-state index contributed by atoms with van der Waals surface area (Å²) in [5.41, 5.74) is 0.192. The number of benzene rings is 1. The number of nitrogens with one attached hydrogen (secondary N) is 1. The average molecular weight is 324 g/mol. The molecule has 2 aliphatic rings. The molecule has 0 radical (unpaired) electrons. The Morgan fingerprint density at radius 3 is 2.57 bits per heavy atom. The maximum Gasteiger partial charge on any atom is 0.317 e. The first-order chi connectivity index (χ1) is 11.0. The Kier molecular flexibility index (Phi) is 4.53. The minimum absolute atomic E-state index is 0.136. The quantitative estimate of drug-likeness (QED) is 0.845. The fourth-order valence-corrected chi connectivity index (χ4v) is 2.87. The van der Waals surface area contributed by atoms with Crippen molar-refractivity contribution in [3.8, 4) is 0 Å². The molecule has 1 aromatic carbocycles. The zero-order chi connectivity index (χ0) is 16.6. The second-order valence-electron chi connectivity index (χ2n) is 6.72. The van der Waals surface area contributed by atoms with Crippen LogP contribution in [0.5, 0.6) is 0 Å². The average Bonchev–Trinajstić information content (AvgIpc) is 3.39. The van der Waals surface area contributed by atoms with Gasteiger partial charge in [0.2, 0.25) is 0 Å². The highest BCUT2D eigenvalue weighted by Crippen LogP contribution is 2.42. The van der Waals surface area contributed by atoms with E-state index in [0.29, 0.717) is 0 Å². The van der Waals surface area contributed by atoms with E-state index in [1.807, 2.05) is 0 Å². The Morgan fingerprint density at radius 2 is 1.96 bits per heavy atom. The van der Waals surface area contributed by atoms with E-state index in [0.717, 1.165) is 43.9 Å². The first kappa shape index (κ1) is 16.2. The van der Waals surface area contributed by atoms with Gasteiger partial charge in [-0.05, 0) is 55.7 Å². The topological polar surface area (TPSA) is 52.6 Å². The zero-order valence-corrected chi connectivity index (χ0v) is 13.1. The van der Waals surface area contributed by atoms with Gasteiger partial charge < -0.3 is 15.3 Å². The summed E-state index contributed by atoms with van der Waals surface area (Å²) in [5.74, 6) is -0.606. The van der Waals surface area contributed by atoms with Gasteiger partial charge in [0, 0.05) is 19.2 Å². The molecule has 2 aliphatic carbocycles. The summed E-state index contributed by atoms with van der Waals surface area (Å²) < 4.78 is 27.4. The summed E-state index contributed by atoms with van der Waals surface area (Å²) in [5, 5.41) is 12.7. The number of aliphatic hydroxyl groups excluding tert-OH is 1. The normalized spacial score (nSPS) is 20.0. The molecule has 2 fully saturated rings. The predicted molar refractivity (Wildman–Crippen MR) is 81.7 cm³/mol. The van der Waals surface area contributed by atoms with Crippen molar-refractivity contribution in [2.45, 2.75) is 37.8 Å². The molecule has 0 heterocycles. The molecule has 0 bridgehead atoms. The minimum Gasteiger partial charge on any atom is -0.391 e. The Morgan fingerprint density at radius 1 is 1.30 bits per heavy atom. The number of urea groups is 1. The van der Waals surface area contributed by atoms with Crippen molar-refractivity contribution < 1.29 is 18.7 Å². The highest BCUT2D eigenvalue weighted by atomic mass is 19.1. The molecular formula is C17H22F2N2O2. The first-order valence-corrected chi connectivity index (χ1v) is 8.10. The molecule has 2 saturated carbocycles. The molecule has 126 valence electrons. The van der Waals surface area contributed by atoms with Gasteiger partial charge >= 0.3 is 6.03 Å². The molecule has 3 rings (SSSR count). The van der Waals surface area contributed by atoms with Crippen LogP contribution in [0.3, 0.4) is 0 Å². The summed E-state index contributed by atoms with van der Waals surface area (Å²) in [6.07, 6.45) is 3.24.